The van der Waals surface area contributed by atoms with E-state index in [1.54, 1.807) is 12.1 Å². The molecule has 1 saturated heterocycles. The van der Waals surface area contributed by atoms with Gasteiger partial charge in [-0.1, -0.05) is 18.2 Å². The fourth-order valence-corrected chi connectivity index (χ4v) is 5.83. The Hall–Kier alpha value is -4.00. The monoisotopic (exact) mass is 541 g/mol. The maximum absolute atomic E-state index is 14.7. The molecular formula is C26H21F2N3O6S. The van der Waals surface area contributed by atoms with Gasteiger partial charge in [0.2, 0.25) is 10.0 Å². The third kappa shape index (κ3) is 4.57. The van der Waals surface area contributed by atoms with E-state index in [1.807, 2.05) is 0 Å². The lowest BCUT2D eigenvalue weighted by molar-refractivity contribution is 0.0650. The van der Waals surface area contributed by atoms with Crippen molar-refractivity contribution in [1.29, 1.82) is 0 Å². The van der Waals surface area contributed by atoms with Gasteiger partial charge in [0, 0.05) is 24.3 Å². The molecule has 2 aliphatic rings. The van der Waals surface area contributed by atoms with Gasteiger partial charge in [0.25, 0.3) is 17.7 Å². The maximum atomic E-state index is 14.7. The topological polar surface area (TPSA) is 104 Å². The van der Waals surface area contributed by atoms with E-state index in [9.17, 15) is 31.6 Å². The Bertz CT molecular complexity index is 1520. The summed E-state index contributed by atoms with van der Waals surface area (Å²) in [5, 5.41) is 0. The second kappa shape index (κ2) is 10.0. The first-order valence-corrected chi connectivity index (χ1v) is 13.0. The first-order chi connectivity index (χ1) is 18.2. The summed E-state index contributed by atoms with van der Waals surface area (Å²) in [5.41, 5.74) is 0.0854. The van der Waals surface area contributed by atoms with Crippen molar-refractivity contribution in [1.82, 2.24) is 9.21 Å². The van der Waals surface area contributed by atoms with E-state index < -0.39 is 50.9 Å². The minimum atomic E-state index is -4.29. The molecule has 0 spiro atoms. The minimum absolute atomic E-state index is 0.00784. The number of benzene rings is 3. The number of hydrogen-bond acceptors (Lipinski definition) is 6. The molecule has 0 aliphatic carbocycles. The molecule has 0 saturated carbocycles. The number of anilines is 1. The number of sulfonamides is 1. The molecule has 0 unspecified atom stereocenters. The van der Waals surface area contributed by atoms with Crippen LogP contribution in [0.3, 0.4) is 0 Å². The summed E-state index contributed by atoms with van der Waals surface area (Å²) in [6.45, 7) is -0.248. The van der Waals surface area contributed by atoms with Gasteiger partial charge in [-0.25, -0.2) is 17.2 Å². The summed E-state index contributed by atoms with van der Waals surface area (Å²) >= 11 is 0. The highest BCUT2D eigenvalue weighted by atomic mass is 32.2. The molecule has 0 N–H and O–H groups in total. The Kier molecular flexibility index (Phi) is 6.78. The first kappa shape index (κ1) is 25.6. The zero-order valence-corrected chi connectivity index (χ0v) is 20.7. The summed E-state index contributed by atoms with van der Waals surface area (Å²) in [5.74, 6) is -3.89. The van der Waals surface area contributed by atoms with Gasteiger partial charge in [0.05, 0.1) is 24.3 Å². The van der Waals surface area contributed by atoms with Crippen LogP contribution in [0.5, 0.6) is 0 Å². The van der Waals surface area contributed by atoms with E-state index in [1.165, 1.54) is 24.3 Å². The van der Waals surface area contributed by atoms with E-state index in [0.717, 1.165) is 44.4 Å². The molecule has 0 atom stereocenters. The Labute approximate surface area is 216 Å². The SMILES string of the molecule is O=C1c2ccccc2C(=O)N1CN(C(=O)c1ccc(F)c(S(=O)(=O)N2CCOCC2)c1)c1cccc(F)c1. The van der Waals surface area contributed by atoms with Gasteiger partial charge in [0.1, 0.15) is 23.2 Å². The summed E-state index contributed by atoms with van der Waals surface area (Å²) in [4.78, 5) is 40.7. The van der Waals surface area contributed by atoms with Crippen LogP contribution in [0.15, 0.2) is 71.6 Å². The Balaban J connectivity index is 1.53. The van der Waals surface area contributed by atoms with Gasteiger partial charge in [0.15, 0.2) is 0 Å². The molecule has 2 heterocycles. The van der Waals surface area contributed by atoms with E-state index in [-0.39, 0.29) is 48.7 Å². The van der Waals surface area contributed by atoms with Gasteiger partial charge >= 0.3 is 0 Å². The van der Waals surface area contributed by atoms with E-state index in [4.69, 9.17) is 4.74 Å². The highest BCUT2D eigenvalue weighted by molar-refractivity contribution is 7.89. The smallest absolute Gasteiger partial charge is 0.263 e. The third-order valence-corrected chi connectivity index (χ3v) is 8.21. The average molecular weight is 542 g/mol. The molecular weight excluding hydrogens is 520 g/mol. The van der Waals surface area contributed by atoms with Crippen molar-refractivity contribution in [3.8, 4) is 0 Å². The predicted octanol–water partition coefficient (Wildman–Crippen LogP) is 2.89. The van der Waals surface area contributed by atoms with Crippen LogP contribution in [0.1, 0.15) is 31.1 Å². The van der Waals surface area contributed by atoms with Crippen molar-refractivity contribution in [2.24, 2.45) is 0 Å². The van der Waals surface area contributed by atoms with Crippen LogP contribution in [0.25, 0.3) is 0 Å². The van der Waals surface area contributed by atoms with E-state index >= 15 is 0 Å². The Morgan fingerprint density at radius 2 is 1.55 bits per heavy atom. The molecule has 2 aliphatic heterocycles. The normalized spacial score (nSPS) is 16.0. The molecule has 0 radical (unpaired) electrons. The molecule has 5 rings (SSSR count). The number of halogens is 2. The van der Waals surface area contributed by atoms with Crippen LogP contribution >= 0.6 is 0 Å². The number of hydrogen-bond donors (Lipinski definition) is 0. The molecule has 3 aromatic rings. The van der Waals surface area contributed by atoms with Crippen LogP contribution in [-0.2, 0) is 14.8 Å². The Morgan fingerprint density at radius 3 is 2.18 bits per heavy atom. The van der Waals surface area contributed by atoms with Gasteiger partial charge in [-0.2, -0.15) is 4.31 Å². The molecule has 0 aromatic heterocycles. The summed E-state index contributed by atoms with van der Waals surface area (Å²) in [7, 11) is -4.29. The van der Waals surface area contributed by atoms with Crippen molar-refractivity contribution in [2.45, 2.75) is 4.90 Å². The first-order valence-electron chi connectivity index (χ1n) is 11.6. The minimum Gasteiger partial charge on any atom is -0.379 e. The van der Waals surface area contributed by atoms with Crippen molar-refractivity contribution in [3.05, 3.63) is 95.1 Å². The summed E-state index contributed by atoms with van der Waals surface area (Å²) in [6.07, 6.45) is 0. The molecule has 3 aromatic carbocycles. The number of rotatable bonds is 6. The lowest BCUT2D eigenvalue weighted by Crippen LogP contribution is -2.44. The second-order valence-electron chi connectivity index (χ2n) is 8.60. The maximum Gasteiger partial charge on any atom is 0.263 e. The molecule has 1 fully saturated rings. The highest BCUT2D eigenvalue weighted by Gasteiger charge is 2.38. The number of nitrogens with zero attached hydrogens (tertiary/aromatic N) is 3. The van der Waals surface area contributed by atoms with Crippen LogP contribution in [0.2, 0.25) is 0 Å². The number of morpholine rings is 1. The fourth-order valence-electron chi connectivity index (χ4n) is 4.33. The number of ether oxygens (including phenoxy) is 1. The van der Waals surface area contributed by atoms with Crippen LogP contribution < -0.4 is 4.90 Å². The quantitative estimate of drug-likeness (QED) is 0.445. The van der Waals surface area contributed by atoms with E-state index in [2.05, 4.69) is 0 Å². The molecule has 0 bridgehead atoms. The number of carbonyl (C=O) groups is 3. The lowest BCUT2D eigenvalue weighted by atomic mass is 10.1. The number of amides is 3. The summed E-state index contributed by atoms with van der Waals surface area (Å²) < 4.78 is 61.3. The lowest BCUT2D eigenvalue weighted by Gasteiger charge is -2.28. The number of imide groups is 1. The Morgan fingerprint density at radius 1 is 0.895 bits per heavy atom. The number of fused-ring (bicyclic) bond motifs is 1. The fraction of sp³-hybridized carbons (Fsp3) is 0.192. The summed E-state index contributed by atoms with van der Waals surface area (Å²) in [6, 6.07) is 13.9. The van der Waals surface area contributed by atoms with Crippen LogP contribution in [0, 0.1) is 11.6 Å². The molecule has 9 nitrogen and oxygen atoms in total. The van der Waals surface area contributed by atoms with Gasteiger partial charge < -0.3 is 4.74 Å². The molecule has 12 heteroatoms. The largest absolute Gasteiger partial charge is 0.379 e. The second-order valence-corrected chi connectivity index (χ2v) is 10.5. The third-order valence-electron chi connectivity index (χ3n) is 6.29. The van der Waals surface area contributed by atoms with Crippen molar-refractivity contribution in [2.75, 3.05) is 37.9 Å². The van der Waals surface area contributed by atoms with Crippen molar-refractivity contribution >= 4 is 33.4 Å². The van der Waals surface area contributed by atoms with E-state index in [0.29, 0.717) is 0 Å². The van der Waals surface area contributed by atoms with Crippen molar-refractivity contribution < 1.29 is 36.3 Å². The molecule has 196 valence electrons. The zero-order valence-electron chi connectivity index (χ0n) is 19.8. The molecule has 38 heavy (non-hydrogen) atoms. The predicted molar refractivity (Wildman–Crippen MR) is 131 cm³/mol. The average Bonchev–Trinajstić information content (AvgIpc) is 3.16. The van der Waals surface area contributed by atoms with Gasteiger partial charge in [-0.05, 0) is 48.5 Å². The van der Waals surface area contributed by atoms with Crippen LogP contribution in [0.4, 0.5) is 14.5 Å². The number of carbonyl (C=O) groups excluding carboxylic acids is 3. The standard InChI is InChI=1S/C26H21F2N3O6S/c27-18-4-3-5-19(15-18)30(16-31-25(33)20-6-1-2-7-21(20)26(31)34)24(32)17-8-9-22(28)23(14-17)38(35,36)29-10-12-37-13-11-29/h1-9,14-15H,10-13,16H2. The van der Waals surface area contributed by atoms with Gasteiger partial charge in [-0.3, -0.25) is 24.2 Å². The van der Waals surface area contributed by atoms with Crippen LogP contribution in [-0.4, -0.2) is 68.3 Å². The van der Waals surface area contributed by atoms with Crippen molar-refractivity contribution in [3.63, 3.8) is 0 Å². The zero-order chi connectivity index (χ0) is 27.0. The highest BCUT2D eigenvalue weighted by Crippen LogP contribution is 2.27. The van der Waals surface area contributed by atoms with Gasteiger partial charge in [-0.15, -0.1) is 0 Å². The molecule has 3 amide bonds.